The molecule has 2 fully saturated rings. The first kappa shape index (κ1) is 28.7. The molecule has 6 rings (SSSR count). The van der Waals surface area contributed by atoms with Crippen LogP contribution in [-0.4, -0.2) is 83.1 Å². The van der Waals surface area contributed by atoms with Gasteiger partial charge in [-0.2, -0.15) is 18.2 Å². The second-order valence-electron chi connectivity index (χ2n) is 11.0. The van der Waals surface area contributed by atoms with E-state index in [2.05, 4.69) is 26.8 Å². The molecule has 0 spiro atoms. The summed E-state index contributed by atoms with van der Waals surface area (Å²) in [6, 6.07) is 10.0. The lowest BCUT2D eigenvalue weighted by atomic mass is 9.92. The number of aromatic hydroxyl groups is 1. The number of likely N-dealkylation sites (N-methyl/N-ethyl adjacent to an activating group) is 1. The van der Waals surface area contributed by atoms with E-state index in [-0.39, 0.29) is 59.0 Å². The van der Waals surface area contributed by atoms with Crippen LogP contribution in [0.15, 0.2) is 55.1 Å². The van der Waals surface area contributed by atoms with Crippen LogP contribution in [0.1, 0.15) is 12.0 Å². The lowest BCUT2D eigenvalue weighted by molar-refractivity contribution is -0.137. The largest absolute Gasteiger partial charge is 0.508 e. The second kappa shape index (κ2) is 11.0. The van der Waals surface area contributed by atoms with Crippen molar-refractivity contribution in [3.8, 4) is 16.9 Å². The molecule has 43 heavy (non-hydrogen) atoms. The van der Waals surface area contributed by atoms with Crippen LogP contribution in [0, 0.1) is 5.82 Å². The van der Waals surface area contributed by atoms with E-state index in [1.165, 1.54) is 12.1 Å². The van der Waals surface area contributed by atoms with E-state index in [9.17, 15) is 23.1 Å². The summed E-state index contributed by atoms with van der Waals surface area (Å²) in [5.41, 5.74) is -2.24. The number of fused-ring (bicyclic) bond motifs is 2. The average molecular weight is 595 g/mol. The molecule has 2 aliphatic rings. The summed E-state index contributed by atoms with van der Waals surface area (Å²) >= 11 is 0. The summed E-state index contributed by atoms with van der Waals surface area (Å²) in [5.74, 6) is -1.42. The summed E-state index contributed by atoms with van der Waals surface area (Å²) < 4.78 is 60.9. The number of phenols is 1. The molecule has 3 heterocycles. The lowest BCUT2D eigenvalue weighted by Gasteiger charge is -2.35. The highest BCUT2D eigenvalue weighted by molar-refractivity contribution is 6.03. The van der Waals surface area contributed by atoms with Crippen molar-refractivity contribution in [3.63, 3.8) is 0 Å². The summed E-state index contributed by atoms with van der Waals surface area (Å²) in [6.07, 6.45) is -2.92. The maximum atomic E-state index is 16.7. The summed E-state index contributed by atoms with van der Waals surface area (Å²) in [7, 11) is 1.97. The van der Waals surface area contributed by atoms with Gasteiger partial charge in [-0.25, -0.2) is 9.37 Å². The molecule has 8 nitrogen and oxygen atoms in total. The molecule has 1 amide bonds. The Bertz CT molecular complexity index is 1740. The molecule has 1 atom stereocenters. The highest BCUT2D eigenvalue weighted by atomic mass is 19.4. The number of aromatic nitrogens is 2. The minimum atomic E-state index is -4.94. The molecule has 2 saturated heterocycles. The SMILES string of the molecule is C=CC(=O)N1CCN(c2nc(NC3CCN(C)C3)nc3c(F)c(-c4cc(O)cc5ccccc45)c(C(F)(F)F)cc23)CC1. The average Bonchev–Trinajstić information content (AvgIpc) is 3.39. The zero-order valence-electron chi connectivity index (χ0n) is 23.5. The zero-order chi connectivity index (χ0) is 30.5. The van der Waals surface area contributed by atoms with Gasteiger partial charge in [-0.15, -0.1) is 0 Å². The number of carbonyl (C=O) groups is 1. The van der Waals surface area contributed by atoms with E-state index in [0.717, 1.165) is 25.1 Å². The number of benzene rings is 3. The molecule has 1 unspecified atom stereocenters. The van der Waals surface area contributed by atoms with Gasteiger partial charge >= 0.3 is 6.18 Å². The maximum Gasteiger partial charge on any atom is 0.417 e. The number of rotatable bonds is 5. The molecule has 0 radical (unpaired) electrons. The van der Waals surface area contributed by atoms with Crippen molar-refractivity contribution in [2.75, 3.05) is 56.5 Å². The van der Waals surface area contributed by atoms with Gasteiger partial charge in [0.1, 0.15) is 17.1 Å². The number of anilines is 2. The fourth-order valence-corrected chi connectivity index (χ4v) is 6.01. The predicted molar refractivity (Wildman–Crippen MR) is 158 cm³/mol. The Labute approximate surface area is 245 Å². The summed E-state index contributed by atoms with van der Waals surface area (Å²) in [5, 5.41) is 14.4. The van der Waals surface area contributed by atoms with Gasteiger partial charge in [-0.1, -0.05) is 30.8 Å². The van der Waals surface area contributed by atoms with Crippen LogP contribution < -0.4 is 10.2 Å². The number of amides is 1. The van der Waals surface area contributed by atoms with Gasteiger partial charge in [0, 0.05) is 49.7 Å². The van der Waals surface area contributed by atoms with Gasteiger partial charge in [-0.3, -0.25) is 4.79 Å². The number of phenolic OH excluding ortho intramolecular Hbond substituents is 1. The molecule has 2 N–H and O–H groups in total. The van der Waals surface area contributed by atoms with Crippen molar-refractivity contribution in [2.45, 2.75) is 18.6 Å². The topological polar surface area (TPSA) is 84.8 Å². The summed E-state index contributed by atoms with van der Waals surface area (Å²) in [6.45, 7) is 6.22. The lowest BCUT2D eigenvalue weighted by Crippen LogP contribution is -2.48. The highest BCUT2D eigenvalue weighted by Gasteiger charge is 2.38. The van der Waals surface area contributed by atoms with Crippen LogP contribution in [0.25, 0.3) is 32.8 Å². The van der Waals surface area contributed by atoms with Crippen molar-refractivity contribution in [1.82, 2.24) is 19.8 Å². The Morgan fingerprint density at radius 1 is 1.07 bits per heavy atom. The number of halogens is 4. The van der Waals surface area contributed by atoms with E-state index < -0.39 is 23.1 Å². The first-order valence-corrected chi connectivity index (χ1v) is 14.0. The number of carbonyl (C=O) groups excluding carboxylic acids is 1. The van der Waals surface area contributed by atoms with Crippen molar-refractivity contribution in [2.24, 2.45) is 0 Å². The number of nitrogens with one attached hydrogen (secondary N) is 1. The molecule has 224 valence electrons. The minimum Gasteiger partial charge on any atom is -0.508 e. The van der Waals surface area contributed by atoms with Crippen molar-refractivity contribution >= 4 is 39.3 Å². The van der Waals surface area contributed by atoms with Gasteiger partial charge < -0.3 is 25.1 Å². The molecular weight excluding hydrogens is 564 g/mol. The molecule has 0 bridgehead atoms. The summed E-state index contributed by atoms with van der Waals surface area (Å²) in [4.78, 5) is 26.7. The quantitative estimate of drug-likeness (QED) is 0.241. The number of hydrogen-bond donors (Lipinski definition) is 2. The third-order valence-electron chi connectivity index (χ3n) is 8.12. The van der Waals surface area contributed by atoms with Crippen molar-refractivity contribution in [1.29, 1.82) is 0 Å². The minimum absolute atomic E-state index is 0.0237. The third kappa shape index (κ3) is 5.42. The number of nitrogens with zero attached hydrogens (tertiary/aromatic N) is 5. The van der Waals surface area contributed by atoms with Crippen LogP contribution >= 0.6 is 0 Å². The van der Waals surface area contributed by atoms with Crippen LogP contribution in [0.2, 0.25) is 0 Å². The Morgan fingerprint density at radius 2 is 1.81 bits per heavy atom. The normalized spacial score (nSPS) is 18.0. The van der Waals surface area contributed by atoms with E-state index in [1.807, 2.05) is 7.05 Å². The van der Waals surface area contributed by atoms with Crippen LogP contribution in [-0.2, 0) is 11.0 Å². The number of piperazine rings is 1. The van der Waals surface area contributed by atoms with E-state index in [0.29, 0.717) is 30.4 Å². The van der Waals surface area contributed by atoms with Gasteiger partial charge in [0.2, 0.25) is 11.9 Å². The molecular formula is C31H30F4N6O2. The fraction of sp³-hybridized carbons (Fsp3) is 0.323. The Morgan fingerprint density at radius 3 is 2.49 bits per heavy atom. The predicted octanol–water partition coefficient (Wildman–Crippen LogP) is 5.26. The van der Waals surface area contributed by atoms with Crippen LogP contribution in [0.3, 0.4) is 0 Å². The monoisotopic (exact) mass is 594 g/mol. The maximum absolute atomic E-state index is 16.7. The highest BCUT2D eigenvalue weighted by Crippen LogP contribution is 2.45. The number of hydrogen-bond acceptors (Lipinski definition) is 7. The van der Waals surface area contributed by atoms with Gasteiger partial charge in [0.05, 0.1) is 5.56 Å². The molecule has 1 aromatic heterocycles. The van der Waals surface area contributed by atoms with Crippen molar-refractivity contribution in [3.05, 3.63) is 66.5 Å². The smallest absolute Gasteiger partial charge is 0.417 e. The standard InChI is InChI=1S/C31H30F4N6O2/c1-3-25(43)40-10-12-41(13-11-40)29-23-16-24(31(33,34)35)26(22-15-20(42)14-18-6-4-5-7-21(18)22)27(32)28(23)37-30(38-29)36-19-8-9-39(2)17-19/h3-7,14-16,19,42H,1,8-13,17H2,2H3,(H,36,37,38). The second-order valence-corrected chi connectivity index (χ2v) is 11.0. The van der Waals surface area contributed by atoms with Crippen LogP contribution in [0.4, 0.5) is 29.3 Å². The Hall–Kier alpha value is -4.45. The Kier molecular flexibility index (Phi) is 7.33. The van der Waals surface area contributed by atoms with Gasteiger partial charge in [0.25, 0.3) is 0 Å². The molecule has 0 aliphatic carbocycles. The molecule has 4 aromatic rings. The van der Waals surface area contributed by atoms with Crippen molar-refractivity contribution < 1.29 is 27.5 Å². The zero-order valence-corrected chi connectivity index (χ0v) is 23.5. The molecule has 12 heteroatoms. The Balaban J connectivity index is 1.58. The van der Waals surface area contributed by atoms with Crippen LogP contribution in [0.5, 0.6) is 5.75 Å². The van der Waals surface area contributed by atoms with E-state index in [4.69, 9.17) is 0 Å². The molecule has 0 saturated carbocycles. The van der Waals surface area contributed by atoms with E-state index >= 15 is 4.39 Å². The number of alkyl halides is 3. The fourth-order valence-electron chi connectivity index (χ4n) is 6.01. The first-order valence-electron chi connectivity index (χ1n) is 14.0. The van der Waals surface area contributed by atoms with Gasteiger partial charge in [-0.05, 0) is 60.6 Å². The van der Waals surface area contributed by atoms with E-state index in [1.54, 1.807) is 34.1 Å². The number of likely N-dealkylation sites (tertiary alicyclic amines) is 1. The molecule has 3 aromatic carbocycles. The third-order valence-corrected chi connectivity index (χ3v) is 8.12. The van der Waals surface area contributed by atoms with Gasteiger partial charge in [0.15, 0.2) is 5.82 Å². The molecule has 2 aliphatic heterocycles. The first-order chi connectivity index (χ1) is 20.5.